The fraction of sp³-hybridized carbons (Fsp3) is 0.176. The van der Waals surface area contributed by atoms with Gasteiger partial charge in [0.2, 0.25) is 11.8 Å². The molecule has 0 fully saturated rings. The first-order valence-corrected chi connectivity index (χ1v) is 7.29. The van der Waals surface area contributed by atoms with Crippen LogP contribution in [0, 0.1) is 0 Å². The molecule has 2 aromatic heterocycles. The fourth-order valence-electron chi connectivity index (χ4n) is 2.65. The zero-order chi connectivity index (χ0) is 15.7. The molecule has 5 nitrogen and oxygen atoms in total. The minimum Gasteiger partial charge on any atom is -0.493 e. The van der Waals surface area contributed by atoms with Crippen molar-refractivity contribution in [2.24, 2.45) is 0 Å². The van der Waals surface area contributed by atoms with Gasteiger partial charge >= 0.3 is 0 Å². The van der Waals surface area contributed by atoms with E-state index in [4.69, 9.17) is 5.84 Å². The van der Waals surface area contributed by atoms with Gasteiger partial charge in [0.25, 0.3) is 0 Å². The Morgan fingerprint density at radius 1 is 1.23 bits per heavy atom. The van der Waals surface area contributed by atoms with Crippen LogP contribution >= 0.6 is 0 Å². The number of aromatic amines is 1. The van der Waals surface area contributed by atoms with Crippen molar-refractivity contribution in [3.8, 4) is 22.9 Å². The van der Waals surface area contributed by atoms with Gasteiger partial charge in [-0.3, -0.25) is 0 Å². The molecule has 3 rings (SSSR count). The van der Waals surface area contributed by atoms with E-state index in [-0.39, 0.29) is 11.8 Å². The number of aromatic hydroxyl groups is 2. The number of unbranched alkanes of at least 4 members (excludes halogenated alkanes) is 1. The first kappa shape index (κ1) is 14.1. The van der Waals surface area contributed by atoms with Crippen molar-refractivity contribution in [2.75, 3.05) is 5.84 Å². The zero-order valence-corrected chi connectivity index (χ0v) is 12.4. The molecule has 3 aromatic rings. The lowest BCUT2D eigenvalue weighted by Crippen LogP contribution is -2.05. The molecule has 0 unspecified atom stereocenters. The van der Waals surface area contributed by atoms with Crippen LogP contribution in [0.2, 0.25) is 0 Å². The second-order valence-corrected chi connectivity index (χ2v) is 5.24. The van der Waals surface area contributed by atoms with Crippen molar-refractivity contribution in [2.45, 2.75) is 19.8 Å². The van der Waals surface area contributed by atoms with Crippen LogP contribution in [0.3, 0.4) is 0 Å². The lowest BCUT2D eigenvalue weighted by atomic mass is 10.0. The number of hydrogen-bond donors (Lipinski definition) is 4. The van der Waals surface area contributed by atoms with Crippen molar-refractivity contribution in [3.05, 3.63) is 42.1 Å². The van der Waals surface area contributed by atoms with E-state index in [1.807, 2.05) is 36.5 Å². The van der Waals surface area contributed by atoms with Crippen molar-refractivity contribution < 1.29 is 10.2 Å². The summed E-state index contributed by atoms with van der Waals surface area (Å²) in [7, 11) is 0. The Bertz CT molecular complexity index is 843. The van der Waals surface area contributed by atoms with Crippen molar-refractivity contribution in [3.63, 3.8) is 0 Å². The summed E-state index contributed by atoms with van der Waals surface area (Å²) in [4.78, 5) is 3.17. The lowest BCUT2D eigenvalue weighted by molar-refractivity contribution is 0.395. The fourth-order valence-corrected chi connectivity index (χ4v) is 2.65. The maximum Gasteiger partial charge on any atom is 0.221 e. The van der Waals surface area contributed by atoms with Crippen LogP contribution < -0.4 is 5.84 Å². The van der Waals surface area contributed by atoms with E-state index in [9.17, 15) is 10.2 Å². The molecule has 5 N–H and O–H groups in total. The highest BCUT2D eigenvalue weighted by molar-refractivity contribution is 5.99. The Morgan fingerprint density at radius 2 is 2.00 bits per heavy atom. The monoisotopic (exact) mass is 297 g/mol. The summed E-state index contributed by atoms with van der Waals surface area (Å²) >= 11 is 0. The molecule has 0 aliphatic carbocycles. The summed E-state index contributed by atoms with van der Waals surface area (Å²) in [5.74, 6) is 5.43. The quantitative estimate of drug-likeness (QED) is 0.555. The number of nitrogen functional groups attached to an aromatic ring is 1. The minimum absolute atomic E-state index is 0.148. The van der Waals surface area contributed by atoms with Crippen LogP contribution in [-0.2, 0) is 0 Å². The van der Waals surface area contributed by atoms with Gasteiger partial charge in [0.15, 0.2) is 0 Å². The molecule has 0 saturated heterocycles. The van der Waals surface area contributed by atoms with Crippen LogP contribution in [-0.4, -0.2) is 19.9 Å². The molecule has 5 heteroatoms. The smallest absolute Gasteiger partial charge is 0.221 e. The highest BCUT2D eigenvalue weighted by atomic mass is 16.3. The third-order valence-corrected chi connectivity index (χ3v) is 3.79. The predicted octanol–water partition coefficient (Wildman–Crippen LogP) is 3.57. The van der Waals surface area contributed by atoms with Crippen molar-refractivity contribution >= 4 is 17.0 Å². The highest BCUT2D eigenvalue weighted by Crippen LogP contribution is 2.43. The van der Waals surface area contributed by atoms with Gasteiger partial charge in [-0.1, -0.05) is 43.7 Å². The van der Waals surface area contributed by atoms with Gasteiger partial charge in [0.1, 0.15) is 0 Å². The normalized spacial score (nSPS) is 11.7. The number of nitrogens with one attached hydrogen (secondary N) is 1. The predicted molar refractivity (Wildman–Crippen MR) is 89.1 cm³/mol. The van der Waals surface area contributed by atoms with Crippen LogP contribution in [0.1, 0.15) is 25.3 Å². The SMILES string of the molecule is CCCC=Cc1c(-c2c[nH]c3ccccc23)c(O)n(N)c1O. The summed E-state index contributed by atoms with van der Waals surface area (Å²) in [6.07, 6.45) is 7.49. The molecule has 2 heterocycles. The summed E-state index contributed by atoms with van der Waals surface area (Å²) < 4.78 is 0.905. The van der Waals surface area contributed by atoms with Crippen LogP contribution in [0.4, 0.5) is 0 Å². The second kappa shape index (κ2) is 5.52. The number of hydrogen-bond acceptors (Lipinski definition) is 3. The zero-order valence-electron chi connectivity index (χ0n) is 12.4. The number of allylic oxidation sites excluding steroid dienone is 1. The maximum atomic E-state index is 10.3. The minimum atomic E-state index is -0.154. The van der Waals surface area contributed by atoms with E-state index in [0.717, 1.165) is 34.0 Å². The molecular formula is C17H19N3O2. The number of aromatic nitrogens is 2. The molecular weight excluding hydrogens is 278 g/mol. The Morgan fingerprint density at radius 3 is 2.77 bits per heavy atom. The standard InChI is InChI=1S/C17H19N3O2/c1-2-3-4-8-12-15(17(22)20(18)16(12)21)13-10-19-14-9-6-5-7-11(13)14/h4-10,19,21-22H,2-3,18H2,1H3. The Kier molecular flexibility index (Phi) is 3.55. The first-order valence-electron chi connectivity index (χ1n) is 7.29. The van der Waals surface area contributed by atoms with E-state index in [1.165, 1.54) is 0 Å². The largest absolute Gasteiger partial charge is 0.493 e. The van der Waals surface area contributed by atoms with E-state index in [0.29, 0.717) is 11.1 Å². The molecule has 0 aliphatic heterocycles. The van der Waals surface area contributed by atoms with Gasteiger partial charge in [0.05, 0.1) is 5.56 Å². The third-order valence-electron chi connectivity index (χ3n) is 3.79. The van der Waals surface area contributed by atoms with Crippen LogP contribution in [0.25, 0.3) is 28.1 Å². The van der Waals surface area contributed by atoms with Gasteiger partial charge in [-0.2, -0.15) is 4.68 Å². The number of H-pyrrole nitrogens is 1. The molecule has 0 aliphatic rings. The van der Waals surface area contributed by atoms with Gasteiger partial charge in [-0.05, 0) is 12.5 Å². The van der Waals surface area contributed by atoms with E-state index >= 15 is 0 Å². The number of nitrogens with two attached hydrogens (primary N) is 1. The molecule has 0 spiro atoms. The van der Waals surface area contributed by atoms with Crippen molar-refractivity contribution in [1.29, 1.82) is 0 Å². The molecule has 0 atom stereocenters. The van der Waals surface area contributed by atoms with Crippen LogP contribution in [0.5, 0.6) is 11.8 Å². The topological polar surface area (TPSA) is 87.2 Å². The van der Waals surface area contributed by atoms with Gasteiger partial charge in [-0.15, -0.1) is 0 Å². The summed E-state index contributed by atoms with van der Waals surface area (Å²) in [5.41, 5.74) is 2.83. The lowest BCUT2D eigenvalue weighted by Gasteiger charge is -2.00. The number of nitrogens with zero attached hydrogens (tertiary/aromatic N) is 1. The average Bonchev–Trinajstić information content (AvgIpc) is 3.04. The second-order valence-electron chi connectivity index (χ2n) is 5.24. The molecule has 0 saturated carbocycles. The average molecular weight is 297 g/mol. The molecule has 22 heavy (non-hydrogen) atoms. The highest BCUT2D eigenvalue weighted by Gasteiger charge is 2.22. The molecule has 0 bridgehead atoms. The Labute approximate surface area is 128 Å². The maximum absolute atomic E-state index is 10.3. The van der Waals surface area contributed by atoms with E-state index < -0.39 is 0 Å². The van der Waals surface area contributed by atoms with E-state index in [1.54, 1.807) is 6.08 Å². The van der Waals surface area contributed by atoms with E-state index in [2.05, 4.69) is 11.9 Å². The number of fused-ring (bicyclic) bond motifs is 1. The van der Waals surface area contributed by atoms with Crippen LogP contribution in [0.15, 0.2) is 36.5 Å². The summed E-state index contributed by atoms with van der Waals surface area (Å²) in [5, 5.41) is 21.5. The summed E-state index contributed by atoms with van der Waals surface area (Å²) in [6.45, 7) is 2.08. The molecule has 114 valence electrons. The third kappa shape index (κ3) is 2.11. The molecule has 0 radical (unpaired) electrons. The van der Waals surface area contributed by atoms with Gasteiger partial charge in [-0.25, -0.2) is 0 Å². The number of para-hydroxylation sites is 1. The van der Waals surface area contributed by atoms with Gasteiger partial charge < -0.3 is 21.0 Å². The molecule has 0 amide bonds. The molecule has 1 aromatic carbocycles. The number of rotatable bonds is 4. The van der Waals surface area contributed by atoms with Crippen molar-refractivity contribution in [1.82, 2.24) is 9.66 Å². The Hall–Kier alpha value is -2.82. The first-order chi connectivity index (χ1) is 10.6. The van der Waals surface area contributed by atoms with Gasteiger partial charge in [0, 0.05) is 28.2 Å². The summed E-state index contributed by atoms with van der Waals surface area (Å²) in [6, 6.07) is 7.80. The number of benzene rings is 1. The Balaban J connectivity index is 2.23.